The first-order valence-corrected chi connectivity index (χ1v) is 8.01. The molecule has 0 radical (unpaired) electrons. The lowest BCUT2D eigenvalue weighted by atomic mass is 10.1. The molecule has 1 N–H and O–H groups in total. The second kappa shape index (κ2) is 5.63. The van der Waals surface area contributed by atoms with E-state index < -0.39 is 0 Å². The fourth-order valence-corrected chi connectivity index (χ4v) is 3.13. The van der Waals surface area contributed by atoms with Crippen LogP contribution in [0.5, 0.6) is 5.75 Å². The molecule has 0 amide bonds. The number of fused-ring (bicyclic) bond motifs is 1. The van der Waals surface area contributed by atoms with Crippen molar-refractivity contribution in [2.75, 3.05) is 0 Å². The molecule has 0 saturated carbocycles. The van der Waals surface area contributed by atoms with Gasteiger partial charge in [0.1, 0.15) is 17.1 Å². The van der Waals surface area contributed by atoms with Crippen LogP contribution in [-0.2, 0) is 7.05 Å². The third-order valence-corrected chi connectivity index (χ3v) is 4.48. The van der Waals surface area contributed by atoms with Crippen molar-refractivity contribution < 1.29 is 5.11 Å². The van der Waals surface area contributed by atoms with Crippen LogP contribution in [0.25, 0.3) is 28.3 Å². The number of aromatic nitrogens is 3. The van der Waals surface area contributed by atoms with Crippen LogP contribution in [0.3, 0.4) is 0 Å². The minimum absolute atomic E-state index is 0.0518. The van der Waals surface area contributed by atoms with Gasteiger partial charge in [-0.15, -0.1) is 0 Å². The SMILES string of the molecule is Cc1c2nc(-c3ccccc3O)c(=O)cc-2n(-c2ccccc2)n1C. The molecule has 0 atom stereocenters. The Balaban J connectivity index is 2.03. The topological polar surface area (TPSA) is 60.1 Å². The molecule has 124 valence electrons. The summed E-state index contributed by atoms with van der Waals surface area (Å²) >= 11 is 0. The normalized spacial score (nSPS) is 11.1. The highest BCUT2D eigenvalue weighted by Crippen LogP contribution is 2.31. The number of phenols is 1. The molecular weight excluding hydrogens is 314 g/mol. The molecule has 5 nitrogen and oxygen atoms in total. The zero-order chi connectivity index (χ0) is 17.6. The first-order valence-electron chi connectivity index (χ1n) is 8.01. The van der Waals surface area contributed by atoms with Gasteiger partial charge < -0.3 is 5.11 Å². The van der Waals surface area contributed by atoms with E-state index in [2.05, 4.69) is 4.98 Å². The number of rotatable bonds is 2. The lowest BCUT2D eigenvalue weighted by molar-refractivity contribution is 0.477. The van der Waals surface area contributed by atoms with Crippen LogP contribution in [-0.4, -0.2) is 19.5 Å². The number of para-hydroxylation sites is 2. The number of hydrogen-bond donors (Lipinski definition) is 1. The molecule has 0 fully saturated rings. The average molecular weight is 331 g/mol. The summed E-state index contributed by atoms with van der Waals surface area (Å²) in [5.41, 5.74) is 3.88. The van der Waals surface area contributed by atoms with Crippen LogP contribution in [0.2, 0.25) is 0 Å². The Labute approximate surface area is 144 Å². The molecule has 2 aliphatic heterocycles. The smallest absolute Gasteiger partial charge is 0.207 e. The van der Waals surface area contributed by atoms with E-state index in [1.807, 2.05) is 53.7 Å². The maximum atomic E-state index is 12.7. The van der Waals surface area contributed by atoms with Gasteiger partial charge in [-0.05, 0) is 31.2 Å². The number of hydrogen-bond acceptors (Lipinski definition) is 3. The van der Waals surface area contributed by atoms with Gasteiger partial charge in [0.25, 0.3) is 0 Å². The van der Waals surface area contributed by atoms with Crippen molar-refractivity contribution in [3.63, 3.8) is 0 Å². The summed E-state index contributed by atoms with van der Waals surface area (Å²) in [4.78, 5) is 17.3. The molecule has 25 heavy (non-hydrogen) atoms. The maximum Gasteiger partial charge on any atom is 0.207 e. The van der Waals surface area contributed by atoms with Crippen LogP contribution in [0.1, 0.15) is 5.69 Å². The van der Waals surface area contributed by atoms with Crippen molar-refractivity contribution in [3.05, 3.63) is 76.6 Å². The molecule has 2 aromatic rings. The molecule has 0 bridgehead atoms. The Morgan fingerprint density at radius 3 is 2.36 bits per heavy atom. The molecule has 0 aromatic heterocycles. The molecule has 0 aliphatic carbocycles. The Kier molecular flexibility index (Phi) is 3.42. The van der Waals surface area contributed by atoms with Gasteiger partial charge in [0, 0.05) is 18.7 Å². The second-order valence-corrected chi connectivity index (χ2v) is 5.98. The second-order valence-electron chi connectivity index (χ2n) is 5.98. The van der Waals surface area contributed by atoms with Crippen LogP contribution in [0, 0.1) is 6.92 Å². The standard InChI is InChI=1S/C20H17N3O2/c1-13-19-16(23(22(13)2)14-8-4-3-5-9-14)12-18(25)20(21-19)15-10-6-7-11-17(15)24/h3-12,24H,1-2H3. The van der Waals surface area contributed by atoms with Crippen LogP contribution in [0.4, 0.5) is 0 Å². The van der Waals surface area contributed by atoms with E-state index >= 15 is 0 Å². The number of nitrogens with zero attached hydrogens (tertiary/aromatic N) is 3. The van der Waals surface area contributed by atoms with Crippen molar-refractivity contribution >= 4 is 0 Å². The fourth-order valence-electron chi connectivity index (χ4n) is 3.13. The van der Waals surface area contributed by atoms with Gasteiger partial charge in [-0.3, -0.25) is 14.2 Å². The van der Waals surface area contributed by atoms with Crippen molar-refractivity contribution in [1.29, 1.82) is 0 Å². The summed E-state index contributed by atoms with van der Waals surface area (Å²) in [7, 11) is 1.94. The Morgan fingerprint density at radius 1 is 0.960 bits per heavy atom. The van der Waals surface area contributed by atoms with E-state index in [-0.39, 0.29) is 16.9 Å². The molecule has 2 aromatic carbocycles. The van der Waals surface area contributed by atoms with E-state index in [0.29, 0.717) is 5.56 Å². The predicted molar refractivity (Wildman–Crippen MR) is 97.3 cm³/mol. The third kappa shape index (κ3) is 2.32. The van der Waals surface area contributed by atoms with Gasteiger partial charge in [-0.2, -0.15) is 0 Å². The van der Waals surface area contributed by atoms with Crippen molar-refractivity contribution in [1.82, 2.24) is 14.3 Å². The lowest BCUT2D eigenvalue weighted by Gasteiger charge is -2.11. The van der Waals surface area contributed by atoms with Gasteiger partial charge in [0.15, 0.2) is 0 Å². The fraction of sp³-hybridized carbons (Fsp3) is 0.100. The third-order valence-electron chi connectivity index (χ3n) is 4.48. The molecule has 0 saturated heterocycles. The Morgan fingerprint density at radius 2 is 1.64 bits per heavy atom. The number of pyridine rings is 1. The molecule has 0 unspecified atom stereocenters. The van der Waals surface area contributed by atoms with E-state index in [1.54, 1.807) is 30.3 Å². The van der Waals surface area contributed by atoms with Gasteiger partial charge in [0.2, 0.25) is 5.43 Å². The van der Waals surface area contributed by atoms with Crippen LogP contribution >= 0.6 is 0 Å². The number of benzene rings is 2. The van der Waals surface area contributed by atoms with E-state index in [4.69, 9.17) is 0 Å². The highest BCUT2D eigenvalue weighted by molar-refractivity contribution is 5.72. The summed E-state index contributed by atoms with van der Waals surface area (Å²) in [5, 5.41) is 10.1. The summed E-state index contributed by atoms with van der Waals surface area (Å²) in [6.07, 6.45) is 0. The molecule has 2 heterocycles. The molecule has 0 spiro atoms. The van der Waals surface area contributed by atoms with E-state index in [9.17, 15) is 9.90 Å². The average Bonchev–Trinajstić information content (AvgIpc) is 2.86. The predicted octanol–water partition coefficient (Wildman–Crippen LogP) is 3.36. The largest absolute Gasteiger partial charge is 0.507 e. The van der Waals surface area contributed by atoms with Gasteiger partial charge in [-0.1, -0.05) is 30.3 Å². The minimum Gasteiger partial charge on any atom is -0.507 e. The minimum atomic E-state index is -0.218. The molecular formula is C20H17N3O2. The highest BCUT2D eigenvalue weighted by atomic mass is 16.3. The van der Waals surface area contributed by atoms with Crippen molar-refractivity contribution in [2.45, 2.75) is 6.92 Å². The summed E-state index contributed by atoms with van der Waals surface area (Å²) < 4.78 is 3.94. The molecule has 4 rings (SSSR count). The zero-order valence-corrected chi connectivity index (χ0v) is 14.0. The maximum absolute atomic E-state index is 12.7. The Bertz CT molecular complexity index is 1090. The first kappa shape index (κ1) is 15.2. The van der Waals surface area contributed by atoms with Gasteiger partial charge in [0.05, 0.1) is 17.1 Å². The zero-order valence-electron chi connectivity index (χ0n) is 14.0. The summed E-state index contributed by atoms with van der Waals surface area (Å²) in [6.45, 7) is 1.97. The van der Waals surface area contributed by atoms with E-state index in [0.717, 1.165) is 22.8 Å². The first-order chi connectivity index (χ1) is 12.1. The van der Waals surface area contributed by atoms with Gasteiger partial charge in [-0.25, -0.2) is 4.98 Å². The van der Waals surface area contributed by atoms with E-state index in [1.165, 1.54) is 0 Å². The van der Waals surface area contributed by atoms with Crippen molar-refractivity contribution in [2.24, 2.45) is 7.05 Å². The monoisotopic (exact) mass is 331 g/mol. The number of phenolic OH excluding ortho intramolecular Hbond substituents is 1. The summed E-state index contributed by atoms with van der Waals surface area (Å²) in [5.74, 6) is 0.0518. The summed E-state index contributed by atoms with van der Waals surface area (Å²) in [6, 6.07) is 18.2. The quantitative estimate of drug-likeness (QED) is 0.613. The van der Waals surface area contributed by atoms with Crippen LogP contribution in [0.15, 0.2) is 65.5 Å². The molecule has 2 aliphatic rings. The molecule has 5 heteroatoms. The van der Waals surface area contributed by atoms with Crippen LogP contribution < -0.4 is 5.43 Å². The van der Waals surface area contributed by atoms with Crippen molar-refractivity contribution in [3.8, 4) is 34.1 Å². The van der Waals surface area contributed by atoms with Gasteiger partial charge >= 0.3 is 0 Å². The highest BCUT2D eigenvalue weighted by Gasteiger charge is 2.22. The lowest BCUT2D eigenvalue weighted by Crippen LogP contribution is -2.11. The Hall–Kier alpha value is -3.34. The number of aromatic hydroxyl groups is 1.